The summed E-state index contributed by atoms with van der Waals surface area (Å²) in [6, 6.07) is 8.48. The molecule has 2 aliphatic heterocycles. The first-order valence-electron chi connectivity index (χ1n) is 10.5. The molecule has 2 fully saturated rings. The van der Waals surface area contributed by atoms with Crippen LogP contribution in [0.15, 0.2) is 30.3 Å². The van der Waals surface area contributed by atoms with Gasteiger partial charge in [0.1, 0.15) is 11.9 Å². The summed E-state index contributed by atoms with van der Waals surface area (Å²) < 4.78 is 6.41. The van der Waals surface area contributed by atoms with Gasteiger partial charge in [0.15, 0.2) is 0 Å². The fourth-order valence-electron chi connectivity index (χ4n) is 4.87. The number of nitrogens with zero attached hydrogens (tertiary/aromatic N) is 2. The Balaban J connectivity index is 1.47. The molecule has 2 amide bonds. The van der Waals surface area contributed by atoms with E-state index in [1.54, 1.807) is 24.3 Å². The molecule has 0 saturated carbocycles. The number of anilines is 1. The van der Waals surface area contributed by atoms with E-state index < -0.39 is 0 Å². The van der Waals surface area contributed by atoms with Crippen LogP contribution in [-0.4, -0.2) is 47.1 Å². The fourth-order valence-corrected chi connectivity index (χ4v) is 5.68. The van der Waals surface area contributed by atoms with Crippen molar-refractivity contribution in [3.63, 3.8) is 0 Å². The Morgan fingerprint density at radius 3 is 2.41 bits per heavy atom. The van der Waals surface area contributed by atoms with Gasteiger partial charge in [-0.25, -0.2) is 0 Å². The van der Waals surface area contributed by atoms with E-state index in [0.29, 0.717) is 45.9 Å². The van der Waals surface area contributed by atoms with Crippen molar-refractivity contribution in [2.75, 3.05) is 18.0 Å². The summed E-state index contributed by atoms with van der Waals surface area (Å²) in [5, 5.41) is 11.5. The molecule has 2 aromatic rings. The average Bonchev–Trinajstić information content (AvgIpc) is 3.41. The Morgan fingerprint density at radius 2 is 1.75 bits per heavy atom. The minimum absolute atomic E-state index is 0.0319. The average molecular weight is 496 g/mol. The molecule has 1 aliphatic carbocycles. The summed E-state index contributed by atoms with van der Waals surface area (Å²) in [6.07, 6.45) is 1.05. The van der Waals surface area contributed by atoms with Crippen molar-refractivity contribution in [2.24, 2.45) is 0 Å². The van der Waals surface area contributed by atoms with Gasteiger partial charge in [-0.1, -0.05) is 34.8 Å². The molecule has 0 unspecified atom stereocenters. The lowest BCUT2D eigenvalue weighted by Gasteiger charge is -2.30. The number of likely N-dealkylation sites (tertiary alicyclic amines) is 1. The highest BCUT2D eigenvalue weighted by Crippen LogP contribution is 2.44. The Hall–Kier alpha value is -1.83. The molecule has 32 heavy (non-hydrogen) atoms. The molecule has 168 valence electrons. The highest BCUT2D eigenvalue weighted by atomic mass is 35.5. The zero-order valence-corrected chi connectivity index (χ0v) is 19.3. The molecule has 5 rings (SSSR count). The van der Waals surface area contributed by atoms with E-state index in [-0.39, 0.29) is 42.9 Å². The minimum Gasteiger partial charge on any atom is -0.482 e. The van der Waals surface area contributed by atoms with Crippen molar-refractivity contribution in [1.29, 1.82) is 0 Å². The predicted molar refractivity (Wildman–Crippen MR) is 123 cm³/mol. The van der Waals surface area contributed by atoms with Crippen LogP contribution in [-0.2, 0) is 16.0 Å². The number of carbonyl (C=O) groups excluding carboxylic acids is 2. The maximum atomic E-state index is 12.1. The van der Waals surface area contributed by atoms with Gasteiger partial charge >= 0.3 is 0 Å². The SMILES string of the molecule is O=C1CCC(=O)N1c1ccc(O[C@@H]2c3cc(Cl)cc(Cl)c3C[C@H]2N2CC[C@@H](O)C2)c(Cl)c1. The first kappa shape index (κ1) is 22.0. The standard InChI is InChI=1S/C23H21Cl3N2O4/c24-12-7-16-15(17(25)8-12)10-19(27-6-5-14(29)11-27)23(16)32-20-2-1-13(9-18(20)26)28-21(30)3-4-22(28)31/h1-2,7-9,14,19,23,29H,3-6,10-11H2/t14-,19-,23-/m1/s1. The number of benzene rings is 2. The van der Waals surface area contributed by atoms with E-state index in [9.17, 15) is 14.7 Å². The maximum absolute atomic E-state index is 12.1. The molecule has 0 bridgehead atoms. The van der Waals surface area contributed by atoms with Crippen molar-refractivity contribution in [1.82, 2.24) is 4.90 Å². The van der Waals surface area contributed by atoms with E-state index in [0.717, 1.165) is 22.6 Å². The van der Waals surface area contributed by atoms with Crippen LogP contribution in [0, 0.1) is 0 Å². The summed E-state index contributed by atoms with van der Waals surface area (Å²) >= 11 is 19.3. The Labute approximate surface area is 200 Å². The molecule has 2 aromatic carbocycles. The number of β-amino-alcohol motifs (C(OH)–C–C–N with tert-alkyl or cyclic N) is 1. The lowest BCUT2D eigenvalue weighted by molar-refractivity contribution is -0.121. The number of aliphatic hydroxyl groups excluding tert-OH is 1. The van der Waals surface area contributed by atoms with Crippen molar-refractivity contribution in [3.05, 3.63) is 56.5 Å². The van der Waals surface area contributed by atoms with Gasteiger partial charge in [-0.3, -0.25) is 19.4 Å². The van der Waals surface area contributed by atoms with E-state index >= 15 is 0 Å². The molecule has 0 spiro atoms. The van der Waals surface area contributed by atoms with E-state index in [1.165, 1.54) is 0 Å². The molecule has 2 saturated heterocycles. The molecule has 3 aliphatic rings. The predicted octanol–water partition coefficient (Wildman–Crippen LogP) is 4.41. The number of halogens is 3. The van der Waals surface area contributed by atoms with E-state index in [2.05, 4.69) is 4.90 Å². The number of aliphatic hydroxyl groups is 1. The first-order valence-corrected chi connectivity index (χ1v) is 11.7. The zero-order chi connectivity index (χ0) is 22.6. The van der Waals surface area contributed by atoms with Crippen molar-refractivity contribution in [3.8, 4) is 5.75 Å². The number of amides is 2. The lowest BCUT2D eigenvalue weighted by atomic mass is 10.1. The number of hydrogen-bond acceptors (Lipinski definition) is 5. The summed E-state index contributed by atoms with van der Waals surface area (Å²) in [7, 11) is 0. The molecule has 2 heterocycles. The highest BCUT2D eigenvalue weighted by molar-refractivity contribution is 6.35. The number of hydrogen-bond donors (Lipinski definition) is 1. The Kier molecular flexibility index (Phi) is 5.84. The van der Waals surface area contributed by atoms with Crippen LogP contribution >= 0.6 is 34.8 Å². The van der Waals surface area contributed by atoms with Gasteiger partial charge in [-0.15, -0.1) is 0 Å². The summed E-state index contributed by atoms with van der Waals surface area (Å²) in [6.45, 7) is 1.33. The van der Waals surface area contributed by atoms with Gasteiger partial charge in [-0.2, -0.15) is 0 Å². The van der Waals surface area contributed by atoms with Crippen molar-refractivity contribution < 1.29 is 19.4 Å². The molecule has 1 N–H and O–H groups in total. The van der Waals surface area contributed by atoms with Crippen LogP contribution in [0.3, 0.4) is 0 Å². The van der Waals surface area contributed by atoms with Gasteiger partial charge in [0.05, 0.1) is 22.9 Å². The van der Waals surface area contributed by atoms with Crippen LogP contribution in [0.5, 0.6) is 5.75 Å². The monoisotopic (exact) mass is 494 g/mol. The largest absolute Gasteiger partial charge is 0.482 e. The van der Waals surface area contributed by atoms with Crippen LogP contribution in [0.2, 0.25) is 15.1 Å². The molecule has 0 radical (unpaired) electrons. The fraction of sp³-hybridized carbons (Fsp3) is 0.391. The third kappa shape index (κ3) is 3.88. The quantitative estimate of drug-likeness (QED) is 0.636. The highest BCUT2D eigenvalue weighted by Gasteiger charge is 2.42. The first-order chi connectivity index (χ1) is 15.3. The normalized spacial score (nSPS) is 25.6. The van der Waals surface area contributed by atoms with Gasteiger partial charge in [0.25, 0.3) is 0 Å². The van der Waals surface area contributed by atoms with Gasteiger partial charge < -0.3 is 9.84 Å². The molecule has 6 nitrogen and oxygen atoms in total. The van der Waals surface area contributed by atoms with Gasteiger partial charge in [-0.05, 0) is 48.7 Å². The number of imide groups is 1. The molecule has 0 aromatic heterocycles. The molecule has 9 heteroatoms. The van der Waals surface area contributed by atoms with E-state index in [1.807, 2.05) is 6.07 Å². The minimum atomic E-state index is -0.384. The van der Waals surface area contributed by atoms with Crippen molar-refractivity contribution >= 4 is 52.3 Å². The molecular formula is C23H21Cl3N2O4. The maximum Gasteiger partial charge on any atom is 0.234 e. The zero-order valence-electron chi connectivity index (χ0n) is 17.1. The smallest absolute Gasteiger partial charge is 0.234 e. The number of fused-ring (bicyclic) bond motifs is 1. The summed E-state index contributed by atoms with van der Waals surface area (Å²) in [5.41, 5.74) is 2.32. The van der Waals surface area contributed by atoms with Crippen molar-refractivity contribution in [2.45, 2.75) is 43.9 Å². The second kappa shape index (κ2) is 8.50. The van der Waals surface area contributed by atoms with E-state index in [4.69, 9.17) is 39.5 Å². The van der Waals surface area contributed by atoms with Crippen LogP contribution in [0.4, 0.5) is 5.69 Å². The van der Waals surface area contributed by atoms with Crippen LogP contribution < -0.4 is 9.64 Å². The van der Waals surface area contributed by atoms with Gasteiger partial charge in [0.2, 0.25) is 11.8 Å². The lowest BCUT2D eigenvalue weighted by Crippen LogP contribution is -2.39. The van der Waals surface area contributed by atoms with Gasteiger partial charge in [0, 0.05) is 41.5 Å². The van der Waals surface area contributed by atoms with Crippen LogP contribution in [0.1, 0.15) is 36.5 Å². The third-order valence-corrected chi connectivity index (χ3v) is 7.26. The molecule has 3 atom stereocenters. The molecular weight excluding hydrogens is 475 g/mol. The Morgan fingerprint density at radius 1 is 1.00 bits per heavy atom. The second-order valence-electron chi connectivity index (χ2n) is 8.44. The summed E-state index contributed by atoms with van der Waals surface area (Å²) in [5.74, 6) is -0.0315. The number of rotatable bonds is 4. The summed E-state index contributed by atoms with van der Waals surface area (Å²) in [4.78, 5) is 27.5. The van der Waals surface area contributed by atoms with Crippen LogP contribution in [0.25, 0.3) is 0 Å². The Bertz CT molecular complexity index is 1090. The number of carbonyl (C=O) groups is 2. The topological polar surface area (TPSA) is 70.1 Å². The second-order valence-corrected chi connectivity index (χ2v) is 9.69. The number of ether oxygens (including phenoxy) is 1. The third-order valence-electron chi connectivity index (χ3n) is 6.41.